The Balaban J connectivity index is 1.62. The summed E-state index contributed by atoms with van der Waals surface area (Å²) in [6.07, 6.45) is 1.06. The molecule has 0 aliphatic carbocycles. The Morgan fingerprint density at radius 3 is 2.68 bits per heavy atom. The number of rotatable bonds is 9. The standard InChI is InChI=1S/C22H23NO5/c1-3-26-20(22(24)25)12-17-9-10-19(11-15(17)2)27-13-18-14-28-21(23-18)16-7-5-4-6-8-16/h4-11,14,20H,3,12-13H2,1-2H3,(H,24,25)/t20-/m0/s1. The molecule has 0 spiro atoms. The maximum absolute atomic E-state index is 11.3. The van der Waals surface area contributed by atoms with Crippen LogP contribution < -0.4 is 4.74 Å². The monoisotopic (exact) mass is 381 g/mol. The molecule has 0 saturated heterocycles. The lowest BCUT2D eigenvalue weighted by atomic mass is 10.0. The van der Waals surface area contributed by atoms with Crippen LogP contribution in [0, 0.1) is 6.92 Å². The van der Waals surface area contributed by atoms with Gasteiger partial charge < -0.3 is 19.0 Å². The largest absolute Gasteiger partial charge is 0.487 e. The van der Waals surface area contributed by atoms with Gasteiger partial charge in [0.1, 0.15) is 24.3 Å². The van der Waals surface area contributed by atoms with Crippen LogP contribution in [0.2, 0.25) is 0 Å². The first-order valence-electron chi connectivity index (χ1n) is 9.13. The van der Waals surface area contributed by atoms with Crippen molar-refractivity contribution in [2.45, 2.75) is 33.0 Å². The van der Waals surface area contributed by atoms with Crippen LogP contribution in [-0.2, 0) is 22.6 Å². The minimum absolute atomic E-state index is 0.284. The highest BCUT2D eigenvalue weighted by atomic mass is 16.5. The number of carboxylic acids is 1. The second-order valence-corrected chi connectivity index (χ2v) is 6.37. The van der Waals surface area contributed by atoms with Gasteiger partial charge in [0.25, 0.3) is 0 Å². The van der Waals surface area contributed by atoms with E-state index >= 15 is 0 Å². The number of aromatic nitrogens is 1. The second kappa shape index (κ2) is 9.19. The molecule has 1 atom stereocenters. The van der Waals surface area contributed by atoms with Crippen molar-refractivity contribution in [3.05, 3.63) is 71.6 Å². The van der Waals surface area contributed by atoms with Crippen LogP contribution in [0.15, 0.2) is 59.2 Å². The number of hydrogen-bond acceptors (Lipinski definition) is 5. The Bertz CT molecular complexity index is 920. The summed E-state index contributed by atoms with van der Waals surface area (Å²) in [5.74, 6) is 0.289. The van der Waals surface area contributed by atoms with E-state index in [9.17, 15) is 9.90 Å². The van der Waals surface area contributed by atoms with Crippen molar-refractivity contribution < 1.29 is 23.8 Å². The summed E-state index contributed by atoms with van der Waals surface area (Å²) in [6.45, 7) is 4.36. The average Bonchev–Trinajstić information content (AvgIpc) is 3.17. The van der Waals surface area contributed by atoms with Crippen molar-refractivity contribution in [1.29, 1.82) is 0 Å². The maximum Gasteiger partial charge on any atom is 0.333 e. The van der Waals surface area contributed by atoms with E-state index in [0.717, 1.165) is 16.7 Å². The van der Waals surface area contributed by atoms with E-state index in [1.807, 2.05) is 55.5 Å². The molecule has 6 heteroatoms. The summed E-state index contributed by atoms with van der Waals surface area (Å²) in [5, 5.41) is 9.24. The van der Waals surface area contributed by atoms with Gasteiger partial charge in [-0.25, -0.2) is 9.78 Å². The smallest absolute Gasteiger partial charge is 0.333 e. The van der Waals surface area contributed by atoms with Crippen LogP contribution in [-0.4, -0.2) is 28.8 Å². The van der Waals surface area contributed by atoms with Gasteiger partial charge in [0.2, 0.25) is 5.89 Å². The van der Waals surface area contributed by atoms with E-state index in [0.29, 0.717) is 30.4 Å². The van der Waals surface area contributed by atoms with E-state index in [4.69, 9.17) is 13.9 Å². The summed E-state index contributed by atoms with van der Waals surface area (Å²) in [5.41, 5.74) is 3.48. The van der Waals surface area contributed by atoms with Gasteiger partial charge in [-0.3, -0.25) is 0 Å². The first-order valence-corrected chi connectivity index (χ1v) is 9.13. The van der Waals surface area contributed by atoms with Gasteiger partial charge in [-0.1, -0.05) is 24.3 Å². The van der Waals surface area contributed by atoms with Gasteiger partial charge in [0, 0.05) is 18.6 Å². The molecule has 0 aliphatic heterocycles. The summed E-state index contributed by atoms with van der Waals surface area (Å²) in [4.78, 5) is 15.7. The third kappa shape index (κ3) is 4.98. The van der Waals surface area contributed by atoms with Crippen molar-refractivity contribution in [2.75, 3.05) is 6.61 Å². The highest BCUT2D eigenvalue weighted by molar-refractivity contribution is 5.72. The zero-order chi connectivity index (χ0) is 19.9. The summed E-state index contributed by atoms with van der Waals surface area (Å²) in [6, 6.07) is 15.3. The number of nitrogens with zero attached hydrogens (tertiary/aromatic N) is 1. The first kappa shape index (κ1) is 19.6. The van der Waals surface area contributed by atoms with Crippen LogP contribution in [0.25, 0.3) is 11.5 Å². The van der Waals surface area contributed by atoms with Crippen LogP contribution in [0.4, 0.5) is 0 Å². The third-order valence-corrected chi connectivity index (χ3v) is 4.32. The number of benzene rings is 2. The Morgan fingerprint density at radius 2 is 2.00 bits per heavy atom. The topological polar surface area (TPSA) is 81.8 Å². The second-order valence-electron chi connectivity index (χ2n) is 6.37. The van der Waals surface area contributed by atoms with Gasteiger partial charge in [-0.2, -0.15) is 0 Å². The molecule has 0 fully saturated rings. The molecular formula is C22H23NO5. The van der Waals surface area contributed by atoms with Crippen molar-refractivity contribution >= 4 is 5.97 Å². The minimum Gasteiger partial charge on any atom is -0.487 e. The summed E-state index contributed by atoms with van der Waals surface area (Å²) < 4.78 is 16.6. The molecule has 0 radical (unpaired) electrons. The van der Waals surface area contributed by atoms with E-state index < -0.39 is 12.1 Å². The fourth-order valence-electron chi connectivity index (χ4n) is 2.85. The third-order valence-electron chi connectivity index (χ3n) is 4.32. The zero-order valence-electron chi connectivity index (χ0n) is 15.9. The Kier molecular flexibility index (Phi) is 6.45. The number of carbonyl (C=O) groups is 1. The molecule has 3 rings (SSSR count). The van der Waals surface area contributed by atoms with Crippen molar-refractivity contribution in [2.24, 2.45) is 0 Å². The highest BCUT2D eigenvalue weighted by Crippen LogP contribution is 2.22. The van der Waals surface area contributed by atoms with Crippen LogP contribution >= 0.6 is 0 Å². The van der Waals surface area contributed by atoms with Crippen LogP contribution in [0.5, 0.6) is 5.75 Å². The molecule has 146 valence electrons. The lowest BCUT2D eigenvalue weighted by Gasteiger charge is -2.15. The Labute approximate surface area is 163 Å². The zero-order valence-corrected chi connectivity index (χ0v) is 15.9. The quantitative estimate of drug-likeness (QED) is 0.596. The van der Waals surface area contributed by atoms with Crippen LogP contribution in [0.1, 0.15) is 23.7 Å². The summed E-state index contributed by atoms with van der Waals surface area (Å²) >= 11 is 0. The van der Waals surface area contributed by atoms with Gasteiger partial charge in [-0.15, -0.1) is 0 Å². The van der Waals surface area contributed by atoms with Gasteiger partial charge >= 0.3 is 5.97 Å². The predicted molar refractivity (Wildman–Crippen MR) is 104 cm³/mol. The lowest BCUT2D eigenvalue weighted by molar-refractivity contribution is -0.149. The molecule has 0 unspecified atom stereocenters. The normalized spacial score (nSPS) is 11.9. The minimum atomic E-state index is -0.957. The number of hydrogen-bond donors (Lipinski definition) is 1. The Hall–Kier alpha value is -3.12. The maximum atomic E-state index is 11.3. The molecule has 0 aliphatic rings. The molecular weight excluding hydrogens is 358 g/mol. The SMILES string of the molecule is CCO[C@@H](Cc1ccc(OCc2coc(-c3ccccc3)n2)cc1C)C(=O)O. The number of carboxylic acid groups (broad SMARTS) is 1. The van der Waals surface area contributed by atoms with E-state index in [-0.39, 0.29) is 6.61 Å². The lowest BCUT2D eigenvalue weighted by Crippen LogP contribution is -2.26. The molecule has 1 aromatic heterocycles. The van der Waals surface area contributed by atoms with E-state index in [1.165, 1.54) is 0 Å². The molecule has 1 N–H and O–H groups in total. The fourth-order valence-corrected chi connectivity index (χ4v) is 2.85. The first-order chi connectivity index (χ1) is 13.6. The molecule has 1 heterocycles. The molecule has 6 nitrogen and oxygen atoms in total. The Morgan fingerprint density at radius 1 is 1.21 bits per heavy atom. The molecule has 0 bridgehead atoms. The molecule has 0 saturated carbocycles. The molecule has 2 aromatic carbocycles. The van der Waals surface area contributed by atoms with Gasteiger partial charge in [-0.05, 0) is 49.2 Å². The fraction of sp³-hybridized carbons (Fsp3) is 0.273. The molecule has 28 heavy (non-hydrogen) atoms. The number of aryl methyl sites for hydroxylation is 1. The van der Waals surface area contributed by atoms with Crippen molar-refractivity contribution in [3.63, 3.8) is 0 Å². The average molecular weight is 381 g/mol. The highest BCUT2D eigenvalue weighted by Gasteiger charge is 2.19. The van der Waals surface area contributed by atoms with E-state index in [1.54, 1.807) is 13.2 Å². The number of ether oxygens (including phenoxy) is 2. The van der Waals surface area contributed by atoms with Crippen molar-refractivity contribution in [3.8, 4) is 17.2 Å². The van der Waals surface area contributed by atoms with E-state index in [2.05, 4.69) is 4.98 Å². The van der Waals surface area contributed by atoms with Gasteiger partial charge in [0.15, 0.2) is 6.10 Å². The molecule has 3 aromatic rings. The number of oxazole rings is 1. The number of aliphatic carboxylic acids is 1. The predicted octanol–water partition coefficient (Wildman–Crippen LogP) is 4.26. The van der Waals surface area contributed by atoms with Gasteiger partial charge in [0.05, 0.1) is 0 Å². The van der Waals surface area contributed by atoms with Crippen molar-refractivity contribution in [1.82, 2.24) is 4.98 Å². The molecule has 0 amide bonds. The summed E-state index contributed by atoms with van der Waals surface area (Å²) in [7, 11) is 0. The van der Waals surface area contributed by atoms with Crippen LogP contribution in [0.3, 0.4) is 0 Å².